The first-order chi connectivity index (χ1) is 12.6. The number of amides is 1. The number of ether oxygens (including phenoxy) is 2. The summed E-state index contributed by atoms with van der Waals surface area (Å²) in [5, 5.41) is 0.736. The molecule has 1 aliphatic rings. The van der Waals surface area contributed by atoms with Crippen molar-refractivity contribution in [2.75, 3.05) is 23.9 Å². The number of benzene rings is 2. The van der Waals surface area contributed by atoms with Crippen LogP contribution in [0.2, 0.25) is 0 Å². The number of alkyl halides is 1. The van der Waals surface area contributed by atoms with Gasteiger partial charge in [-0.05, 0) is 35.9 Å². The Kier molecular flexibility index (Phi) is 6.34. The van der Waals surface area contributed by atoms with Crippen LogP contribution in [0.1, 0.15) is 5.56 Å². The summed E-state index contributed by atoms with van der Waals surface area (Å²) >= 11 is 10.0. The van der Waals surface area contributed by atoms with Crippen molar-refractivity contribution in [3.8, 4) is 11.5 Å². The molecule has 0 bridgehead atoms. The van der Waals surface area contributed by atoms with Crippen molar-refractivity contribution in [3.63, 3.8) is 0 Å². The van der Waals surface area contributed by atoms with E-state index in [1.165, 1.54) is 11.8 Å². The molecule has 3 rings (SSSR count). The highest BCUT2D eigenvalue weighted by molar-refractivity contribution is 9.09. The van der Waals surface area contributed by atoms with E-state index in [0.717, 1.165) is 16.6 Å². The highest BCUT2D eigenvalue weighted by atomic mass is 79.9. The summed E-state index contributed by atoms with van der Waals surface area (Å²) in [5.74, 6) is 1.17. The molecular formula is C19H16BrNO3S2. The molecule has 0 aliphatic carbocycles. The first-order valence-electron chi connectivity index (χ1n) is 7.84. The van der Waals surface area contributed by atoms with Crippen molar-refractivity contribution < 1.29 is 14.3 Å². The Labute approximate surface area is 170 Å². The number of hydrogen-bond donors (Lipinski definition) is 0. The van der Waals surface area contributed by atoms with Gasteiger partial charge in [0.1, 0.15) is 0 Å². The van der Waals surface area contributed by atoms with Gasteiger partial charge in [-0.2, -0.15) is 0 Å². The van der Waals surface area contributed by atoms with Crippen LogP contribution in [0.4, 0.5) is 5.69 Å². The van der Waals surface area contributed by atoms with Crippen LogP contribution in [0, 0.1) is 0 Å². The number of thiocarbonyl (C=S) groups is 1. The average molecular weight is 450 g/mol. The van der Waals surface area contributed by atoms with Crippen LogP contribution in [0.3, 0.4) is 0 Å². The van der Waals surface area contributed by atoms with E-state index in [2.05, 4.69) is 15.9 Å². The van der Waals surface area contributed by atoms with E-state index in [1.54, 1.807) is 12.0 Å². The van der Waals surface area contributed by atoms with Crippen LogP contribution in [0.25, 0.3) is 6.08 Å². The van der Waals surface area contributed by atoms with Crippen LogP contribution in [-0.2, 0) is 4.79 Å². The quantitative estimate of drug-likeness (QED) is 0.357. The van der Waals surface area contributed by atoms with Gasteiger partial charge in [0, 0.05) is 5.33 Å². The summed E-state index contributed by atoms with van der Waals surface area (Å²) in [6, 6.07) is 15.0. The normalized spacial score (nSPS) is 15.6. The number of carbonyl (C=O) groups is 1. The van der Waals surface area contributed by atoms with Gasteiger partial charge in [-0.3, -0.25) is 9.69 Å². The van der Waals surface area contributed by atoms with Gasteiger partial charge in [0.25, 0.3) is 5.91 Å². The standard InChI is InChI=1S/C19H16BrNO3S2/c1-23-16-11-13(7-8-15(16)24-10-9-20)12-17-18(22)21(19(25)26-17)14-5-3-2-4-6-14/h2-8,11-12H,9-10H2,1H3/b17-12+. The molecule has 0 atom stereocenters. The van der Waals surface area contributed by atoms with Gasteiger partial charge in [0.15, 0.2) is 15.8 Å². The largest absolute Gasteiger partial charge is 0.493 e. The molecule has 0 unspecified atom stereocenters. The first-order valence-corrected chi connectivity index (χ1v) is 10.2. The summed E-state index contributed by atoms with van der Waals surface area (Å²) in [6.45, 7) is 0.547. The third-order valence-electron chi connectivity index (χ3n) is 3.63. The lowest BCUT2D eigenvalue weighted by Gasteiger charge is -2.13. The maximum Gasteiger partial charge on any atom is 0.270 e. The number of thioether (sulfide) groups is 1. The third kappa shape index (κ3) is 4.11. The maximum absolute atomic E-state index is 12.8. The number of rotatable bonds is 6. The molecule has 1 amide bonds. The van der Waals surface area contributed by atoms with E-state index < -0.39 is 0 Å². The zero-order chi connectivity index (χ0) is 18.5. The van der Waals surface area contributed by atoms with Crippen LogP contribution in [-0.4, -0.2) is 29.3 Å². The second kappa shape index (κ2) is 8.70. The molecule has 0 saturated carbocycles. The zero-order valence-corrected chi connectivity index (χ0v) is 17.2. The Bertz CT molecular complexity index is 855. The van der Waals surface area contributed by atoms with E-state index in [-0.39, 0.29) is 5.91 Å². The SMILES string of the molecule is COc1cc(/C=C2/SC(=S)N(c3ccccc3)C2=O)ccc1OCCBr. The molecule has 0 spiro atoms. The zero-order valence-electron chi connectivity index (χ0n) is 14.0. The molecular weight excluding hydrogens is 434 g/mol. The lowest BCUT2D eigenvalue weighted by Crippen LogP contribution is -2.27. The highest BCUT2D eigenvalue weighted by Gasteiger charge is 2.33. The molecule has 0 aromatic heterocycles. The topological polar surface area (TPSA) is 38.8 Å². The number of para-hydroxylation sites is 1. The molecule has 2 aromatic rings. The Morgan fingerprint density at radius 3 is 2.65 bits per heavy atom. The molecule has 1 aliphatic heterocycles. The number of hydrogen-bond acceptors (Lipinski definition) is 5. The number of methoxy groups -OCH3 is 1. The van der Waals surface area contributed by atoms with E-state index in [0.29, 0.717) is 27.3 Å². The smallest absolute Gasteiger partial charge is 0.270 e. The average Bonchev–Trinajstić information content (AvgIpc) is 2.94. The molecule has 1 heterocycles. The molecule has 26 heavy (non-hydrogen) atoms. The number of carbonyl (C=O) groups excluding carboxylic acids is 1. The van der Waals surface area contributed by atoms with Crippen LogP contribution >= 0.6 is 39.9 Å². The van der Waals surface area contributed by atoms with Gasteiger partial charge in [0.2, 0.25) is 0 Å². The molecule has 0 N–H and O–H groups in total. The van der Waals surface area contributed by atoms with Crippen molar-refractivity contribution in [2.24, 2.45) is 0 Å². The van der Waals surface area contributed by atoms with Crippen LogP contribution < -0.4 is 14.4 Å². The second-order valence-corrected chi connectivity index (χ2v) is 7.77. The summed E-state index contributed by atoms with van der Waals surface area (Å²) in [7, 11) is 1.59. The van der Waals surface area contributed by atoms with Crippen LogP contribution in [0.15, 0.2) is 53.4 Å². The predicted octanol–water partition coefficient (Wildman–Crippen LogP) is 4.87. The third-order valence-corrected chi connectivity index (χ3v) is 5.25. The van der Waals surface area contributed by atoms with E-state index in [4.69, 9.17) is 21.7 Å². The van der Waals surface area contributed by atoms with E-state index in [9.17, 15) is 4.79 Å². The monoisotopic (exact) mass is 449 g/mol. The Balaban J connectivity index is 1.86. The Morgan fingerprint density at radius 2 is 1.96 bits per heavy atom. The van der Waals surface area contributed by atoms with Crippen molar-refractivity contribution in [1.29, 1.82) is 0 Å². The summed E-state index contributed by atoms with van der Waals surface area (Å²) < 4.78 is 11.5. The summed E-state index contributed by atoms with van der Waals surface area (Å²) in [4.78, 5) is 14.9. The van der Waals surface area contributed by atoms with Gasteiger partial charge in [0.05, 0.1) is 24.3 Å². The van der Waals surface area contributed by atoms with Gasteiger partial charge < -0.3 is 9.47 Å². The minimum absolute atomic E-state index is 0.121. The fraction of sp³-hybridized carbons (Fsp3) is 0.158. The van der Waals surface area contributed by atoms with Crippen molar-refractivity contribution >= 4 is 61.9 Å². The van der Waals surface area contributed by atoms with E-state index in [1.807, 2.05) is 54.6 Å². The van der Waals surface area contributed by atoms with Gasteiger partial charge in [-0.1, -0.05) is 64.2 Å². The second-order valence-electron chi connectivity index (χ2n) is 5.30. The minimum atomic E-state index is -0.121. The molecule has 1 fully saturated rings. The molecule has 134 valence electrons. The minimum Gasteiger partial charge on any atom is -0.493 e. The highest BCUT2D eigenvalue weighted by Crippen LogP contribution is 2.37. The summed E-state index contributed by atoms with van der Waals surface area (Å²) in [5.41, 5.74) is 1.62. The van der Waals surface area contributed by atoms with E-state index >= 15 is 0 Å². The number of anilines is 1. The Hall–Kier alpha value is -1.83. The molecule has 2 aromatic carbocycles. The lowest BCUT2D eigenvalue weighted by atomic mass is 10.2. The molecule has 4 nitrogen and oxygen atoms in total. The first kappa shape index (κ1) is 18.9. The van der Waals surface area contributed by atoms with Gasteiger partial charge in [-0.25, -0.2) is 0 Å². The lowest BCUT2D eigenvalue weighted by molar-refractivity contribution is -0.113. The molecule has 7 heteroatoms. The number of halogens is 1. The number of nitrogens with zero attached hydrogens (tertiary/aromatic N) is 1. The van der Waals surface area contributed by atoms with Crippen LogP contribution in [0.5, 0.6) is 11.5 Å². The van der Waals surface area contributed by atoms with Crippen molar-refractivity contribution in [1.82, 2.24) is 0 Å². The fourth-order valence-electron chi connectivity index (χ4n) is 2.46. The van der Waals surface area contributed by atoms with Gasteiger partial charge >= 0.3 is 0 Å². The summed E-state index contributed by atoms with van der Waals surface area (Å²) in [6.07, 6.45) is 1.82. The fourth-order valence-corrected chi connectivity index (χ4v) is 3.92. The maximum atomic E-state index is 12.8. The molecule has 0 radical (unpaired) electrons. The van der Waals surface area contributed by atoms with Crippen molar-refractivity contribution in [3.05, 3.63) is 59.0 Å². The predicted molar refractivity (Wildman–Crippen MR) is 114 cm³/mol. The van der Waals surface area contributed by atoms with Crippen molar-refractivity contribution in [2.45, 2.75) is 0 Å². The molecule has 1 saturated heterocycles. The van der Waals surface area contributed by atoms with Gasteiger partial charge in [-0.15, -0.1) is 0 Å². The Morgan fingerprint density at radius 1 is 1.19 bits per heavy atom.